The summed E-state index contributed by atoms with van der Waals surface area (Å²) in [5.74, 6) is 0. The molecule has 0 aromatic carbocycles. The lowest BCUT2D eigenvalue weighted by Gasteiger charge is -2.07. The highest BCUT2D eigenvalue weighted by atomic mass is 79.9. The van der Waals surface area contributed by atoms with Crippen molar-refractivity contribution in [3.05, 3.63) is 22.2 Å². The standard InChI is InChI=1S/C6H4BrF3N2/c1-3-4(7)5(6(8,9)10)12-2-11-3/h2H,1H3. The lowest BCUT2D eigenvalue weighted by Crippen LogP contribution is -2.10. The summed E-state index contributed by atoms with van der Waals surface area (Å²) in [7, 11) is 0. The first-order chi connectivity index (χ1) is 5.43. The Morgan fingerprint density at radius 2 is 1.92 bits per heavy atom. The lowest BCUT2D eigenvalue weighted by molar-refractivity contribution is -0.142. The van der Waals surface area contributed by atoms with E-state index >= 15 is 0 Å². The van der Waals surface area contributed by atoms with Crippen LogP contribution in [0.4, 0.5) is 13.2 Å². The molecular weight excluding hydrogens is 237 g/mol. The number of hydrogen-bond donors (Lipinski definition) is 0. The maximum absolute atomic E-state index is 12.1. The van der Waals surface area contributed by atoms with Crippen molar-refractivity contribution in [2.45, 2.75) is 13.1 Å². The molecule has 0 amide bonds. The molecule has 0 bridgehead atoms. The van der Waals surface area contributed by atoms with Crippen molar-refractivity contribution in [3.8, 4) is 0 Å². The molecule has 6 heteroatoms. The normalized spacial score (nSPS) is 11.8. The van der Waals surface area contributed by atoms with Crippen LogP contribution in [-0.2, 0) is 6.18 Å². The second-order valence-electron chi connectivity index (χ2n) is 2.12. The minimum atomic E-state index is -4.42. The zero-order valence-corrected chi connectivity index (χ0v) is 7.57. The summed E-state index contributed by atoms with van der Waals surface area (Å²) in [5.41, 5.74) is -0.660. The molecule has 0 aliphatic rings. The Bertz CT molecular complexity index is 297. The summed E-state index contributed by atoms with van der Waals surface area (Å²) < 4.78 is 36.2. The van der Waals surface area contributed by atoms with Gasteiger partial charge in [-0.05, 0) is 22.9 Å². The third-order valence-electron chi connectivity index (χ3n) is 1.23. The molecule has 0 aliphatic carbocycles. The zero-order valence-electron chi connectivity index (χ0n) is 5.98. The molecule has 0 saturated carbocycles. The summed E-state index contributed by atoms with van der Waals surface area (Å²) in [6.07, 6.45) is -3.53. The largest absolute Gasteiger partial charge is 0.434 e. The predicted octanol–water partition coefficient (Wildman–Crippen LogP) is 2.57. The number of halogens is 4. The molecule has 1 aromatic rings. The summed E-state index contributed by atoms with van der Waals surface area (Å²) in [6.45, 7) is 1.47. The van der Waals surface area contributed by atoms with E-state index in [9.17, 15) is 13.2 Å². The molecule has 0 saturated heterocycles. The molecular formula is C6H4BrF3N2. The molecule has 0 spiro atoms. The second-order valence-corrected chi connectivity index (χ2v) is 2.91. The maximum Gasteiger partial charge on any atom is 0.434 e. The van der Waals surface area contributed by atoms with Crippen LogP contribution in [0.25, 0.3) is 0 Å². The van der Waals surface area contributed by atoms with Crippen LogP contribution in [0.2, 0.25) is 0 Å². The highest BCUT2D eigenvalue weighted by molar-refractivity contribution is 9.10. The molecule has 0 unspecified atom stereocenters. The SMILES string of the molecule is Cc1ncnc(C(F)(F)F)c1Br. The molecule has 0 fully saturated rings. The van der Waals surface area contributed by atoms with Gasteiger partial charge in [0.05, 0.1) is 10.2 Å². The number of hydrogen-bond acceptors (Lipinski definition) is 2. The molecule has 0 atom stereocenters. The second kappa shape index (κ2) is 3.01. The fraction of sp³-hybridized carbons (Fsp3) is 0.333. The van der Waals surface area contributed by atoms with E-state index in [4.69, 9.17) is 0 Å². The smallest absolute Gasteiger partial charge is 0.240 e. The Morgan fingerprint density at radius 3 is 2.33 bits per heavy atom. The average molecular weight is 241 g/mol. The van der Waals surface area contributed by atoms with Crippen molar-refractivity contribution in [2.75, 3.05) is 0 Å². The van der Waals surface area contributed by atoms with Gasteiger partial charge < -0.3 is 0 Å². The van der Waals surface area contributed by atoms with Crippen molar-refractivity contribution in [1.82, 2.24) is 9.97 Å². The minimum absolute atomic E-state index is 0.0995. The van der Waals surface area contributed by atoms with Crippen molar-refractivity contribution in [3.63, 3.8) is 0 Å². The number of nitrogens with zero attached hydrogens (tertiary/aromatic N) is 2. The van der Waals surface area contributed by atoms with Crippen LogP contribution in [0, 0.1) is 6.92 Å². The van der Waals surface area contributed by atoms with E-state index in [-0.39, 0.29) is 10.2 Å². The molecule has 2 nitrogen and oxygen atoms in total. The molecule has 0 aliphatic heterocycles. The molecule has 0 N–H and O–H groups in total. The van der Waals surface area contributed by atoms with Crippen LogP contribution in [0.15, 0.2) is 10.8 Å². The first-order valence-corrected chi connectivity index (χ1v) is 3.76. The van der Waals surface area contributed by atoms with Crippen LogP contribution < -0.4 is 0 Å². The van der Waals surface area contributed by atoms with Crippen LogP contribution >= 0.6 is 15.9 Å². The average Bonchev–Trinajstić information content (AvgIpc) is 1.92. The Labute approximate surface area is 75.0 Å². The van der Waals surface area contributed by atoms with Gasteiger partial charge in [0.15, 0.2) is 5.69 Å². The van der Waals surface area contributed by atoms with Crippen LogP contribution in [0.3, 0.4) is 0 Å². The van der Waals surface area contributed by atoms with Gasteiger partial charge in [0, 0.05) is 0 Å². The van der Waals surface area contributed by atoms with Crippen molar-refractivity contribution in [2.24, 2.45) is 0 Å². The fourth-order valence-corrected chi connectivity index (χ4v) is 1.09. The molecule has 1 rings (SSSR count). The van der Waals surface area contributed by atoms with Gasteiger partial charge in [-0.3, -0.25) is 0 Å². The molecule has 0 radical (unpaired) electrons. The third kappa shape index (κ3) is 1.74. The Balaban J connectivity index is 3.26. The molecule has 12 heavy (non-hydrogen) atoms. The monoisotopic (exact) mass is 240 g/mol. The third-order valence-corrected chi connectivity index (χ3v) is 2.18. The van der Waals surface area contributed by atoms with E-state index in [1.54, 1.807) is 0 Å². The minimum Gasteiger partial charge on any atom is -0.240 e. The topological polar surface area (TPSA) is 25.8 Å². The summed E-state index contributed by atoms with van der Waals surface area (Å²) in [5, 5.41) is 0. The fourth-order valence-electron chi connectivity index (χ4n) is 0.656. The number of alkyl halides is 3. The first-order valence-electron chi connectivity index (χ1n) is 2.97. The van der Waals surface area contributed by atoms with Gasteiger partial charge in [0.25, 0.3) is 0 Å². The van der Waals surface area contributed by atoms with E-state index < -0.39 is 11.9 Å². The number of rotatable bonds is 0. The van der Waals surface area contributed by atoms with Crippen molar-refractivity contribution < 1.29 is 13.2 Å². The Hall–Kier alpha value is -0.650. The van der Waals surface area contributed by atoms with Gasteiger partial charge >= 0.3 is 6.18 Å². The van der Waals surface area contributed by atoms with Crippen LogP contribution in [-0.4, -0.2) is 9.97 Å². The Kier molecular flexibility index (Phi) is 2.36. The maximum atomic E-state index is 12.1. The zero-order chi connectivity index (χ0) is 9.35. The highest BCUT2D eigenvalue weighted by Gasteiger charge is 2.35. The van der Waals surface area contributed by atoms with E-state index in [2.05, 4.69) is 25.9 Å². The van der Waals surface area contributed by atoms with Gasteiger partial charge in [-0.1, -0.05) is 0 Å². The first kappa shape index (κ1) is 9.44. The predicted molar refractivity (Wildman–Crippen MR) is 39.5 cm³/mol. The van der Waals surface area contributed by atoms with Gasteiger partial charge in [0.1, 0.15) is 6.33 Å². The van der Waals surface area contributed by atoms with Crippen molar-refractivity contribution in [1.29, 1.82) is 0 Å². The van der Waals surface area contributed by atoms with Gasteiger partial charge in [0.2, 0.25) is 0 Å². The summed E-state index contributed by atoms with van der Waals surface area (Å²) >= 11 is 2.77. The van der Waals surface area contributed by atoms with Crippen LogP contribution in [0.5, 0.6) is 0 Å². The van der Waals surface area contributed by atoms with E-state index in [1.165, 1.54) is 6.92 Å². The summed E-state index contributed by atoms with van der Waals surface area (Å²) in [4.78, 5) is 6.72. The van der Waals surface area contributed by atoms with Crippen molar-refractivity contribution >= 4 is 15.9 Å². The molecule has 66 valence electrons. The number of aromatic nitrogens is 2. The number of aryl methyl sites for hydroxylation is 1. The molecule has 1 aromatic heterocycles. The van der Waals surface area contributed by atoms with Gasteiger partial charge in [-0.25, -0.2) is 9.97 Å². The lowest BCUT2D eigenvalue weighted by atomic mass is 10.3. The molecule has 1 heterocycles. The van der Waals surface area contributed by atoms with E-state index in [0.29, 0.717) is 0 Å². The highest BCUT2D eigenvalue weighted by Crippen LogP contribution is 2.33. The van der Waals surface area contributed by atoms with E-state index in [1.807, 2.05) is 0 Å². The summed E-state index contributed by atoms with van der Waals surface area (Å²) in [6, 6.07) is 0. The van der Waals surface area contributed by atoms with E-state index in [0.717, 1.165) is 6.33 Å². The Morgan fingerprint density at radius 1 is 1.33 bits per heavy atom. The van der Waals surface area contributed by atoms with Crippen LogP contribution in [0.1, 0.15) is 11.4 Å². The van der Waals surface area contributed by atoms with Gasteiger partial charge in [-0.15, -0.1) is 0 Å². The van der Waals surface area contributed by atoms with Gasteiger partial charge in [-0.2, -0.15) is 13.2 Å². The quantitative estimate of drug-likeness (QED) is 0.697.